The Kier molecular flexibility index (Phi) is 5.25. The van der Waals surface area contributed by atoms with E-state index in [4.69, 9.17) is 0 Å². The molecule has 31 heavy (non-hydrogen) atoms. The zero-order valence-electron chi connectivity index (χ0n) is 17.4. The summed E-state index contributed by atoms with van der Waals surface area (Å²) in [5.41, 5.74) is 3.37. The number of aromatic nitrogens is 2. The van der Waals surface area contributed by atoms with Crippen LogP contribution < -0.4 is 16.2 Å². The van der Waals surface area contributed by atoms with E-state index in [1.165, 1.54) is 6.07 Å². The van der Waals surface area contributed by atoms with Gasteiger partial charge in [-0.05, 0) is 74.4 Å². The molecule has 0 aliphatic rings. The van der Waals surface area contributed by atoms with Crippen LogP contribution in [0.4, 0.5) is 20.6 Å². The molecule has 0 radical (unpaired) electrons. The number of para-hydroxylation sites is 1. The molecule has 1 heterocycles. The molecule has 0 aliphatic heterocycles. The highest BCUT2D eigenvalue weighted by molar-refractivity contribution is 6.00. The van der Waals surface area contributed by atoms with Gasteiger partial charge in [0.05, 0.1) is 16.6 Å². The number of halogens is 1. The highest BCUT2D eigenvalue weighted by Gasteiger charge is 2.12. The molecule has 0 bridgehead atoms. The molecule has 1 aromatic heterocycles. The van der Waals surface area contributed by atoms with Crippen molar-refractivity contribution in [3.05, 3.63) is 93.8 Å². The van der Waals surface area contributed by atoms with Crippen LogP contribution in [0.5, 0.6) is 0 Å². The van der Waals surface area contributed by atoms with Crippen LogP contribution in [-0.4, -0.2) is 15.6 Å². The maximum absolute atomic E-state index is 13.7. The fourth-order valence-corrected chi connectivity index (χ4v) is 3.43. The Balaban J connectivity index is 1.60. The predicted molar refractivity (Wildman–Crippen MR) is 121 cm³/mol. The van der Waals surface area contributed by atoms with Gasteiger partial charge in [0.25, 0.3) is 5.56 Å². The third-order valence-corrected chi connectivity index (χ3v) is 5.09. The fraction of sp³-hybridized carbons (Fsp3) is 0.125. The van der Waals surface area contributed by atoms with E-state index in [0.717, 1.165) is 5.56 Å². The summed E-state index contributed by atoms with van der Waals surface area (Å²) in [4.78, 5) is 29.8. The minimum Gasteiger partial charge on any atom is -0.308 e. The number of anilines is 2. The van der Waals surface area contributed by atoms with Crippen molar-refractivity contribution in [2.45, 2.75) is 20.8 Å². The number of amides is 2. The van der Waals surface area contributed by atoms with Gasteiger partial charge < -0.3 is 10.6 Å². The van der Waals surface area contributed by atoms with Gasteiger partial charge in [-0.25, -0.2) is 14.2 Å². The van der Waals surface area contributed by atoms with Crippen LogP contribution in [0.3, 0.4) is 0 Å². The van der Waals surface area contributed by atoms with Crippen molar-refractivity contribution in [3.63, 3.8) is 0 Å². The normalized spacial score (nSPS) is 10.8. The zero-order chi connectivity index (χ0) is 22.1. The Morgan fingerprint density at radius 2 is 1.71 bits per heavy atom. The van der Waals surface area contributed by atoms with Crippen molar-refractivity contribution < 1.29 is 9.18 Å². The van der Waals surface area contributed by atoms with Crippen LogP contribution in [-0.2, 0) is 0 Å². The molecule has 0 unspecified atom stereocenters. The van der Waals surface area contributed by atoms with Crippen LogP contribution in [0, 0.1) is 26.6 Å². The first-order chi connectivity index (χ1) is 14.8. The number of benzene rings is 3. The Morgan fingerprint density at radius 3 is 2.45 bits per heavy atom. The molecule has 0 spiro atoms. The number of carbonyl (C=O) groups excluding carboxylic acids is 1. The lowest BCUT2D eigenvalue weighted by Gasteiger charge is -2.14. The summed E-state index contributed by atoms with van der Waals surface area (Å²) in [6.07, 6.45) is 0. The van der Waals surface area contributed by atoms with Crippen molar-refractivity contribution in [1.29, 1.82) is 0 Å². The van der Waals surface area contributed by atoms with Crippen molar-refractivity contribution in [3.8, 4) is 5.69 Å². The number of urea groups is 1. The number of hydrogen-bond donors (Lipinski definition) is 2. The second-order valence-corrected chi connectivity index (χ2v) is 7.36. The SMILES string of the molecule is Cc1ccc(NC(=O)Nc2ccc(-n3c(C)nc4ccccc4c3=O)cc2C)cc1F. The maximum Gasteiger partial charge on any atom is 0.323 e. The summed E-state index contributed by atoms with van der Waals surface area (Å²) < 4.78 is 15.2. The second kappa shape index (κ2) is 8.02. The zero-order valence-corrected chi connectivity index (χ0v) is 17.4. The summed E-state index contributed by atoms with van der Waals surface area (Å²) >= 11 is 0. The molecule has 0 fully saturated rings. The summed E-state index contributed by atoms with van der Waals surface area (Å²) in [5, 5.41) is 5.91. The number of rotatable bonds is 3. The van der Waals surface area contributed by atoms with E-state index in [9.17, 15) is 14.0 Å². The molecule has 2 N–H and O–H groups in total. The molecule has 0 saturated carbocycles. The molecule has 0 saturated heterocycles. The number of fused-ring (bicyclic) bond motifs is 1. The van der Waals surface area contributed by atoms with E-state index in [1.54, 1.807) is 48.7 Å². The third kappa shape index (κ3) is 4.02. The van der Waals surface area contributed by atoms with Crippen LogP contribution >= 0.6 is 0 Å². The van der Waals surface area contributed by atoms with E-state index in [2.05, 4.69) is 15.6 Å². The monoisotopic (exact) mass is 416 g/mol. The molecule has 3 aromatic carbocycles. The van der Waals surface area contributed by atoms with E-state index in [1.807, 2.05) is 31.2 Å². The first-order valence-corrected chi connectivity index (χ1v) is 9.77. The largest absolute Gasteiger partial charge is 0.323 e. The molecular weight excluding hydrogens is 395 g/mol. The van der Waals surface area contributed by atoms with Gasteiger partial charge >= 0.3 is 6.03 Å². The highest BCUT2D eigenvalue weighted by Crippen LogP contribution is 2.21. The Bertz CT molecular complexity index is 1380. The standard InChI is InChI=1S/C24H21FN4O2/c1-14-8-9-17(13-20(14)25)27-24(31)28-21-11-10-18(12-15(21)2)29-16(3)26-22-7-5-4-6-19(22)23(29)30/h4-13H,1-3H3,(H2,27,28,31). The van der Waals surface area contributed by atoms with Crippen LogP contribution in [0.2, 0.25) is 0 Å². The van der Waals surface area contributed by atoms with Gasteiger partial charge in [-0.15, -0.1) is 0 Å². The number of nitrogens with zero attached hydrogens (tertiary/aromatic N) is 2. The molecular formula is C24H21FN4O2. The van der Waals surface area contributed by atoms with Gasteiger partial charge in [-0.1, -0.05) is 18.2 Å². The molecule has 0 aliphatic carbocycles. The molecule has 4 aromatic rings. The Labute approximate surface area is 178 Å². The van der Waals surface area contributed by atoms with Gasteiger partial charge in [0.15, 0.2) is 0 Å². The van der Waals surface area contributed by atoms with Crippen molar-refractivity contribution >= 4 is 28.3 Å². The smallest absolute Gasteiger partial charge is 0.308 e. The van der Waals surface area contributed by atoms with E-state index in [0.29, 0.717) is 39.4 Å². The summed E-state index contributed by atoms with van der Waals surface area (Å²) in [6, 6.07) is 16.5. The number of hydrogen-bond acceptors (Lipinski definition) is 3. The quantitative estimate of drug-likeness (QED) is 0.488. The van der Waals surface area contributed by atoms with Gasteiger partial charge in [-0.2, -0.15) is 0 Å². The van der Waals surface area contributed by atoms with Gasteiger partial charge in [0.1, 0.15) is 11.6 Å². The molecule has 6 nitrogen and oxygen atoms in total. The molecule has 0 atom stereocenters. The van der Waals surface area contributed by atoms with Crippen molar-refractivity contribution in [2.75, 3.05) is 10.6 Å². The number of nitrogens with one attached hydrogen (secondary N) is 2. The first kappa shape index (κ1) is 20.3. The Morgan fingerprint density at radius 1 is 0.935 bits per heavy atom. The van der Waals surface area contributed by atoms with Crippen LogP contribution in [0.15, 0.2) is 65.5 Å². The third-order valence-electron chi connectivity index (χ3n) is 5.09. The topological polar surface area (TPSA) is 76.0 Å². The minimum absolute atomic E-state index is 0.151. The number of carbonyl (C=O) groups is 1. The molecule has 2 amide bonds. The second-order valence-electron chi connectivity index (χ2n) is 7.36. The van der Waals surface area contributed by atoms with E-state index >= 15 is 0 Å². The van der Waals surface area contributed by atoms with Crippen molar-refractivity contribution in [2.24, 2.45) is 0 Å². The molecule has 4 rings (SSSR count). The van der Waals surface area contributed by atoms with Crippen molar-refractivity contribution in [1.82, 2.24) is 9.55 Å². The Hall–Kier alpha value is -4.00. The lowest BCUT2D eigenvalue weighted by molar-refractivity contribution is 0.262. The average Bonchev–Trinajstić information content (AvgIpc) is 2.73. The average molecular weight is 416 g/mol. The van der Waals surface area contributed by atoms with Gasteiger partial charge in [0, 0.05) is 11.4 Å². The summed E-state index contributed by atoms with van der Waals surface area (Å²) in [6.45, 7) is 5.27. The lowest BCUT2D eigenvalue weighted by atomic mass is 10.1. The van der Waals surface area contributed by atoms with Gasteiger partial charge in [-0.3, -0.25) is 9.36 Å². The maximum atomic E-state index is 13.7. The highest BCUT2D eigenvalue weighted by atomic mass is 19.1. The first-order valence-electron chi connectivity index (χ1n) is 9.77. The number of aryl methyl sites for hydroxylation is 3. The molecule has 7 heteroatoms. The fourth-order valence-electron chi connectivity index (χ4n) is 3.43. The van der Waals surface area contributed by atoms with E-state index < -0.39 is 6.03 Å². The van der Waals surface area contributed by atoms with E-state index in [-0.39, 0.29) is 11.4 Å². The van der Waals surface area contributed by atoms with Crippen LogP contribution in [0.25, 0.3) is 16.6 Å². The van der Waals surface area contributed by atoms with Crippen LogP contribution in [0.1, 0.15) is 17.0 Å². The minimum atomic E-state index is -0.486. The summed E-state index contributed by atoms with van der Waals surface area (Å²) in [5.74, 6) is 0.186. The predicted octanol–water partition coefficient (Wildman–Crippen LogP) is 5.09. The lowest BCUT2D eigenvalue weighted by Crippen LogP contribution is -2.23. The van der Waals surface area contributed by atoms with Gasteiger partial charge in [0.2, 0.25) is 0 Å². The summed E-state index contributed by atoms with van der Waals surface area (Å²) in [7, 11) is 0. The molecule has 156 valence electrons.